The number of nitrogens with one attached hydrogen (secondary N) is 1. The van der Waals surface area contributed by atoms with E-state index in [9.17, 15) is 5.11 Å². The summed E-state index contributed by atoms with van der Waals surface area (Å²) >= 11 is 0. The summed E-state index contributed by atoms with van der Waals surface area (Å²) in [6.07, 6.45) is 1.17. The SMILES string of the molecule is CCCN(C1CNC1)C(C)c1cccc(O)c1. The van der Waals surface area contributed by atoms with Gasteiger partial charge in [0.2, 0.25) is 0 Å². The molecule has 0 aromatic heterocycles. The van der Waals surface area contributed by atoms with Gasteiger partial charge in [-0.2, -0.15) is 0 Å². The molecular formula is C14H22N2O. The van der Waals surface area contributed by atoms with Crippen LogP contribution in [0.25, 0.3) is 0 Å². The molecule has 3 nitrogen and oxygen atoms in total. The molecule has 1 fully saturated rings. The minimum absolute atomic E-state index is 0.359. The number of benzene rings is 1. The van der Waals surface area contributed by atoms with Gasteiger partial charge in [0.15, 0.2) is 0 Å². The molecule has 1 heterocycles. The zero-order chi connectivity index (χ0) is 12.3. The second-order valence-electron chi connectivity index (χ2n) is 4.82. The first kappa shape index (κ1) is 12.4. The first-order valence-corrected chi connectivity index (χ1v) is 6.47. The summed E-state index contributed by atoms with van der Waals surface area (Å²) in [6, 6.07) is 8.63. The number of hydrogen-bond donors (Lipinski definition) is 2. The van der Waals surface area contributed by atoms with E-state index in [1.165, 1.54) is 12.0 Å². The monoisotopic (exact) mass is 234 g/mol. The summed E-state index contributed by atoms with van der Waals surface area (Å²) in [6.45, 7) is 7.73. The number of aromatic hydroxyl groups is 1. The largest absolute Gasteiger partial charge is 0.508 e. The van der Waals surface area contributed by atoms with Gasteiger partial charge >= 0.3 is 0 Å². The molecule has 0 spiro atoms. The van der Waals surface area contributed by atoms with E-state index in [1.54, 1.807) is 6.07 Å². The van der Waals surface area contributed by atoms with Crippen LogP contribution in [0.4, 0.5) is 0 Å². The van der Waals surface area contributed by atoms with Gasteiger partial charge in [0.1, 0.15) is 5.75 Å². The van der Waals surface area contributed by atoms with Crippen LogP contribution in [0.3, 0.4) is 0 Å². The third-order valence-electron chi connectivity index (χ3n) is 3.56. The third-order valence-corrected chi connectivity index (χ3v) is 3.56. The molecule has 0 aliphatic carbocycles. The first-order chi connectivity index (χ1) is 8.22. The zero-order valence-electron chi connectivity index (χ0n) is 10.7. The van der Waals surface area contributed by atoms with Crippen molar-refractivity contribution in [1.29, 1.82) is 0 Å². The highest BCUT2D eigenvalue weighted by molar-refractivity contribution is 5.29. The summed E-state index contributed by atoms with van der Waals surface area (Å²) in [5.74, 6) is 0.359. The Morgan fingerprint density at radius 1 is 1.47 bits per heavy atom. The van der Waals surface area contributed by atoms with E-state index in [4.69, 9.17) is 0 Å². The van der Waals surface area contributed by atoms with E-state index in [2.05, 4.69) is 30.1 Å². The Kier molecular flexibility index (Phi) is 4.02. The fourth-order valence-corrected chi connectivity index (χ4v) is 2.43. The lowest BCUT2D eigenvalue weighted by atomic mass is 10.0. The molecule has 94 valence electrons. The maximum absolute atomic E-state index is 9.55. The Morgan fingerprint density at radius 2 is 2.24 bits per heavy atom. The van der Waals surface area contributed by atoms with Crippen LogP contribution in [0, 0.1) is 0 Å². The van der Waals surface area contributed by atoms with E-state index in [0.29, 0.717) is 17.8 Å². The molecule has 0 saturated carbocycles. The highest BCUT2D eigenvalue weighted by Gasteiger charge is 2.28. The average molecular weight is 234 g/mol. The van der Waals surface area contributed by atoms with Crippen molar-refractivity contribution in [2.24, 2.45) is 0 Å². The van der Waals surface area contributed by atoms with E-state index in [1.807, 2.05) is 12.1 Å². The predicted octanol–water partition coefficient (Wildman–Crippen LogP) is 2.14. The van der Waals surface area contributed by atoms with Crippen molar-refractivity contribution in [2.75, 3.05) is 19.6 Å². The minimum Gasteiger partial charge on any atom is -0.508 e. The van der Waals surface area contributed by atoms with Crippen LogP contribution in [0.15, 0.2) is 24.3 Å². The van der Waals surface area contributed by atoms with E-state index < -0.39 is 0 Å². The normalized spacial score (nSPS) is 18.1. The second-order valence-corrected chi connectivity index (χ2v) is 4.82. The molecule has 1 atom stereocenters. The van der Waals surface area contributed by atoms with Crippen molar-refractivity contribution in [1.82, 2.24) is 10.2 Å². The minimum atomic E-state index is 0.359. The number of phenols is 1. The molecule has 2 N–H and O–H groups in total. The lowest BCUT2D eigenvalue weighted by Crippen LogP contribution is -2.57. The summed E-state index contributed by atoms with van der Waals surface area (Å²) in [5.41, 5.74) is 1.20. The van der Waals surface area contributed by atoms with Crippen LogP contribution in [0.2, 0.25) is 0 Å². The van der Waals surface area contributed by atoms with Crippen LogP contribution in [-0.4, -0.2) is 35.7 Å². The molecule has 1 aliphatic rings. The molecule has 1 aromatic rings. The van der Waals surface area contributed by atoms with Crippen molar-refractivity contribution >= 4 is 0 Å². The van der Waals surface area contributed by atoms with E-state index in [-0.39, 0.29) is 0 Å². The maximum Gasteiger partial charge on any atom is 0.115 e. The molecule has 1 unspecified atom stereocenters. The summed E-state index contributed by atoms with van der Waals surface area (Å²) < 4.78 is 0. The molecule has 2 rings (SSSR count). The van der Waals surface area contributed by atoms with Gasteiger partial charge in [-0.25, -0.2) is 0 Å². The van der Waals surface area contributed by atoms with Crippen LogP contribution in [0.5, 0.6) is 5.75 Å². The second kappa shape index (κ2) is 5.52. The van der Waals surface area contributed by atoms with Gasteiger partial charge in [-0.05, 0) is 37.6 Å². The van der Waals surface area contributed by atoms with Crippen molar-refractivity contribution in [3.8, 4) is 5.75 Å². The van der Waals surface area contributed by atoms with E-state index >= 15 is 0 Å². The topological polar surface area (TPSA) is 35.5 Å². The van der Waals surface area contributed by atoms with Gasteiger partial charge in [0, 0.05) is 25.2 Å². The number of rotatable bonds is 5. The van der Waals surface area contributed by atoms with Crippen LogP contribution < -0.4 is 5.32 Å². The molecule has 0 bridgehead atoms. The van der Waals surface area contributed by atoms with Crippen molar-refractivity contribution < 1.29 is 5.11 Å². The smallest absolute Gasteiger partial charge is 0.115 e. The first-order valence-electron chi connectivity index (χ1n) is 6.47. The summed E-state index contributed by atoms with van der Waals surface area (Å²) in [5, 5.41) is 12.9. The average Bonchev–Trinajstić information content (AvgIpc) is 2.25. The molecule has 0 amide bonds. The van der Waals surface area contributed by atoms with Gasteiger partial charge in [-0.15, -0.1) is 0 Å². The Labute approximate surface area is 103 Å². The Hall–Kier alpha value is -1.06. The number of phenolic OH excluding ortho intramolecular Hbond substituents is 1. The van der Waals surface area contributed by atoms with Gasteiger partial charge < -0.3 is 10.4 Å². The highest BCUT2D eigenvalue weighted by Crippen LogP contribution is 2.26. The maximum atomic E-state index is 9.55. The standard InChI is InChI=1S/C14H22N2O/c1-3-7-16(13-9-15-10-13)11(2)12-5-4-6-14(17)8-12/h4-6,8,11,13,15,17H,3,7,9-10H2,1-2H3. The zero-order valence-corrected chi connectivity index (χ0v) is 10.7. The van der Waals surface area contributed by atoms with Crippen LogP contribution in [-0.2, 0) is 0 Å². The molecule has 1 aliphatic heterocycles. The third kappa shape index (κ3) is 2.79. The van der Waals surface area contributed by atoms with Crippen molar-refractivity contribution in [3.05, 3.63) is 29.8 Å². The Bertz CT molecular complexity index is 363. The fraction of sp³-hybridized carbons (Fsp3) is 0.571. The van der Waals surface area contributed by atoms with E-state index in [0.717, 1.165) is 19.6 Å². The van der Waals surface area contributed by atoms with Crippen molar-refractivity contribution in [3.63, 3.8) is 0 Å². The van der Waals surface area contributed by atoms with Gasteiger partial charge in [-0.1, -0.05) is 19.1 Å². The van der Waals surface area contributed by atoms with Crippen molar-refractivity contribution in [2.45, 2.75) is 32.4 Å². The lowest BCUT2D eigenvalue weighted by molar-refractivity contribution is 0.103. The predicted molar refractivity (Wildman–Crippen MR) is 70.2 cm³/mol. The molecule has 1 aromatic carbocycles. The molecule has 17 heavy (non-hydrogen) atoms. The molecule has 0 radical (unpaired) electrons. The molecule has 1 saturated heterocycles. The fourth-order valence-electron chi connectivity index (χ4n) is 2.43. The molecular weight excluding hydrogens is 212 g/mol. The Morgan fingerprint density at radius 3 is 2.76 bits per heavy atom. The lowest BCUT2D eigenvalue weighted by Gasteiger charge is -2.42. The number of nitrogens with zero attached hydrogens (tertiary/aromatic N) is 1. The number of hydrogen-bond acceptors (Lipinski definition) is 3. The quantitative estimate of drug-likeness (QED) is 0.819. The van der Waals surface area contributed by atoms with Crippen LogP contribution in [0.1, 0.15) is 31.9 Å². The highest BCUT2D eigenvalue weighted by atomic mass is 16.3. The summed E-state index contributed by atoms with van der Waals surface area (Å²) in [4.78, 5) is 2.53. The molecule has 3 heteroatoms. The summed E-state index contributed by atoms with van der Waals surface area (Å²) in [7, 11) is 0. The van der Waals surface area contributed by atoms with Gasteiger partial charge in [0.05, 0.1) is 0 Å². The van der Waals surface area contributed by atoms with Crippen LogP contribution >= 0.6 is 0 Å². The van der Waals surface area contributed by atoms with Gasteiger partial charge in [0.25, 0.3) is 0 Å². The van der Waals surface area contributed by atoms with Gasteiger partial charge in [-0.3, -0.25) is 4.90 Å². The Balaban J connectivity index is 2.11.